The van der Waals surface area contributed by atoms with Crippen molar-refractivity contribution in [3.8, 4) is 0 Å². The van der Waals surface area contributed by atoms with Gasteiger partial charge in [-0.15, -0.1) is 0 Å². The highest BCUT2D eigenvalue weighted by molar-refractivity contribution is 7.92. The van der Waals surface area contributed by atoms with Gasteiger partial charge in [0.05, 0.1) is 20.5 Å². The van der Waals surface area contributed by atoms with Crippen molar-refractivity contribution in [3.63, 3.8) is 0 Å². The lowest BCUT2D eigenvalue weighted by molar-refractivity contribution is -0.384. The van der Waals surface area contributed by atoms with E-state index in [0.29, 0.717) is 0 Å². The highest BCUT2D eigenvalue weighted by Crippen LogP contribution is 2.29. The first-order valence-electron chi connectivity index (χ1n) is 5.93. The van der Waals surface area contributed by atoms with E-state index in [1.807, 2.05) is 0 Å². The molecule has 0 saturated heterocycles. The number of sulfonamides is 1. The van der Waals surface area contributed by atoms with Crippen LogP contribution in [0.5, 0.6) is 0 Å². The molecule has 2 aromatic rings. The Hall–Kier alpha value is -2.19. The highest BCUT2D eigenvalue weighted by atomic mass is 35.5. The lowest BCUT2D eigenvalue weighted by Crippen LogP contribution is -2.14. The summed E-state index contributed by atoms with van der Waals surface area (Å²) in [5.41, 5.74) is -0.230. The molecule has 0 atom stereocenters. The SMILES string of the molecule is Cc1cc(F)ccc1S(=O)(=O)Nc1cc([N+](=O)[O-])ccc1Cl. The third kappa shape index (κ3) is 3.34. The van der Waals surface area contributed by atoms with Crippen LogP contribution in [-0.4, -0.2) is 13.3 Å². The molecule has 9 heteroatoms. The third-order valence-corrected chi connectivity index (χ3v) is 4.69. The van der Waals surface area contributed by atoms with Crippen LogP contribution in [0.2, 0.25) is 5.02 Å². The molecule has 0 unspecified atom stereocenters. The maximum Gasteiger partial charge on any atom is 0.271 e. The van der Waals surface area contributed by atoms with Crippen LogP contribution in [0.3, 0.4) is 0 Å². The number of nitrogens with zero attached hydrogens (tertiary/aromatic N) is 1. The Balaban J connectivity index is 2.45. The summed E-state index contributed by atoms with van der Waals surface area (Å²) >= 11 is 5.85. The zero-order valence-electron chi connectivity index (χ0n) is 11.2. The maximum absolute atomic E-state index is 13.1. The molecule has 0 aliphatic rings. The number of hydrogen-bond acceptors (Lipinski definition) is 4. The van der Waals surface area contributed by atoms with E-state index >= 15 is 0 Å². The fraction of sp³-hybridized carbons (Fsp3) is 0.0769. The predicted molar refractivity (Wildman–Crippen MR) is 80.1 cm³/mol. The second-order valence-corrected chi connectivity index (χ2v) is 6.49. The summed E-state index contributed by atoms with van der Waals surface area (Å²) in [6.07, 6.45) is 0. The fourth-order valence-electron chi connectivity index (χ4n) is 1.82. The van der Waals surface area contributed by atoms with E-state index in [0.717, 1.165) is 30.3 Å². The molecule has 116 valence electrons. The van der Waals surface area contributed by atoms with Crippen LogP contribution in [0.4, 0.5) is 15.8 Å². The minimum atomic E-state index is -4.05. The van der Waals surface area contributed by atoms with Gasteiger partial charge in [-0.2, -0.15) is 0 Å². The van der Waals surface area contributed by atoms with Crippen LogP contribution in [-0.2, 0) is 10.0 Å². The fourth-order valence-corrected chi connectivity index (χ4v) is 3.34. The quantitative estimate of drug-likeness (QED) is 0.679. The smallest absolute Gasteiger partial charge is 0.271 e. The normalized spacial score (nSPS) is 11.2. The molecule has 0 aromatic heterocycles. The predicted octanol–water partition coefficient (Wildman–Crippen LogP) is 3.50. The Morgan fingerprint density at radius 3 is 2.50 bits per heavy atom. The average Bonchev–Trinajstić information content (AvgIpc) is 2.40. The first-order chi connectivity index (χ1) is 10.2. The van der Waals surface area contributed by atoms with Crippen molar-refractivity contribution in [2.24, 2.45) is 0 Å². The van der Waals surface area contributed by atoms with Crippen molar-refractivity contribution in [1.82, 2.24) is 0 Å². The van der Waals surface area contributed by atoms with Gasteiger partial charge in [-0.25, -0.2) is 12.8 Å². The van der Waals surface area contributed by atoms with E-state index < -0.39 is 20.8 Å². The molecule has 0 bridgehead atoms. The zero-order chi connectivity index (χ0) is 16.5. The van der Waals surface area contributed by atoms with E-state index in [1.54, 1.807) is 0 Å². The van der Waals surface area contributed by atoms with Gasteiger partial charge in [-0.1, -0.05) is 11.6 Å². The lowest BCUT2D eigenvalue weighted by atomic mass is 10.2. The summed E-state index contributed by atoms with van der Waals surface area (Å²) in [4.78, 5) is 9.92. The number of rotatable bonds is 4. The molecular formula is C13H10ClFN2O4S. The van der Waals surface area contributed by atoms with E-state index in [-0.39, 0.29) is 26.9 Å². The Bertz CT molecular complexity index is 855. The molecule has 2 aromatic carbocycles. The molecular weight excluding hydrogens is 335 g/mol. The second-order valence-electron chi connectivity index (χ2n) is 4.44. The zero-order valence-corrected chi connectivity index (χ0v) is 12.8. The lowest BCUT2D eigenvalue weighted by Gasteiger charge is -2.11. The summed E-state index contributed by atoms with van der Waals surface area (Å²) in [5.74, 6) is -0.565. The molecule has 0 saturated carbocycles. The van der Waals surface area contributed by atoms with E-state index in [4.69, 9.17) is 11.6 Å². The minimum absolute atomic E-state index is 0.00828. The number of benzene rings is 2. The first kappa shape index (κ1) is 16.2. The molecule has 0 heterocycles. The second kappa shape index (κ2) is 5.90. The van der Waals surface area contributed by atoms with Gasteiger partial charge in [0, 0.05) is 12.1 Å². The number of anilines is 1. The summed E-state index contributed by atoms with van der Waals surface area (Å²) in [6, 6.07) is 6.58. The van der Waals surface area contributed by atoms with Crippen molar-refractivity contribution >= 4 is 33.0 Å². The monoisotopic (exact) mass is 344 g/mol. The third-order valence-electron chi connectivity index (χ3n) is 2.83. The van der Waals surface area contributed by atoms with E-state index in [2.05, 4.69) is 4.72 Å². The van der Waals surface area contributed by atoms with E-state index in [1.165, 1.54) is 13.0 Å². The van der Waals surface area contributed by atoms with Crippen LogP contribution < -0.4 is 4.72 Å². The molecule has 6 nitrogen and oxygen atoms in total. The van der Waals surface area contributed by atoms with Gasteiger partial charge in [0.2, 0.25) is 0 Å². The van der Waals surface area contributed by atoms with Gasteiger partial charge in [-0.3, -0.25) is 14.8 Å². The largest absolute Gasteiger partial charge is 0.278 e. The van der Waals surface area contributed by atoms with Crippen molar-refractivity contribution in [2.75, 3.05) is 4.72 Å². The molecule has 2 rings (SSSR count). The van der Waals surface area contributed by atoms with E-state index in [9.17, 15) is 22.9 Å². The highest BCUT2D eigenvalue weighted by Gasteiger charge is 2.20. The number of nitrogens with one attached hydrogen (secondary N) is 1. The van der Waals surface area contributed by atoms with Gasteiger partial charge >= 0.3 is 0 Å². The van der Waals surface area contributed by atoms with Crippen molar-refractivity contribution in [3.05, 3.63) is 62.9 Å². The van der Waals surface area contributed by atoms with Crippen molar-refractivity contribution in [1.29, 1.82) is 0 Å². The van der Waals surface area contributed by atoms with Crippen LogP contribution in [0.25, 0.3) is 0 Å². The number of nitro benzene ring substituents is 1. The van der Waals surface area contributed by atoms with Crippen molar-refractivity contribution < 1.29 is 17.7 Å². The Morgan fingerprint density at radius 1 is 1.23 bits per heavy atom. The van der Waals surface area contributed by atoms with Gasteiger partial charge in [-0.05, 0) is 36.8 Å². The molecule has 22 heavy (non-hydrogen) atoms. The summed E-state index contributed by atoms with van der Waals surface area (Å²) in [6.45, 7) is 1.44. The number of non-ortho nitro benzene ring substituents is 1. The Kier molecular flexibility index (Phi) is 4.34. The topological polar surface area (TPSA) is 89.3 Å². The molecule has 0 fully saturated rings. The molecule has 0 amide bonds. The van der Waals surface area contributed by atoms with Gasteiger partial charge in [0.15, 0.2) is 0 Å². The van der Waals surface area contributed by atoms with Gasteiger partial charge in [0.25, 0.3) is 15.7 Å². The molecule has 0 radical (unpaired) electrons. The summed E-state index contributed by atoms with van der Waals surface area (Å²) in [7, 11) is -4.05. The van der Waals surface area contributed by atoms with Gasteiger partial charge < -0.3 is 0 Å². The molecule has 0 aliphatic carbocycles. The summed E-state index contributed by atoms with van der Waals surface area (Å²) in [5, 5.41) is 10.7. The maximum atomic E-state index is 13.1. The van der Waals surface area contributed by atoms with Crippen LogP contribution in [0.15, 0.2) is 41.3 Å². The first-order valence-corrected chi connectivity index (χ1v) is 7.80. The standard InChI is InChI=1S/C13H10ClFN2O4S/c1-8-6-9(15)2-5-13(8)22(20,21)16-12-7-10(17(18)19)3-4-11(12)14/h2-7,16H,1H3. The molecule has 0 aliphatic heterocycles. The number of hydrogen-bond donors (Lipinski definition) is 1. The number of halogens is 2. The number of nitro groups is 1. The van der Waals surface area contributed by atoms with Crippen LogP contribution >= 0.6 is 11.6 Å². The van der Waals surface area contributed by atoms with Crippen LogP contribution in [0.1, 0.15) is 5.56 Å². The van der Waals surface area contributed by atoms with Crippen LogP contribution in [0, 0.1) is 22.9 Å². The Morgan fingerprint density at radius 2 is 1.91 bits per heavy atom. The average molecular weight is 345 g/mol. The minimum Gasteiger partial charge on any atom is -0.278 e. The number of aryl methyl sites for hydroxylation is 1. The van der Waals surface area contributed by atoms with Crippen molar-refractivity contribution in [2.45, 2.75) is 11.8 Å². The van der Waals surface area contributed by atoms with Gasteiger partial charge in [0.1, 0.15) is 5.82 Å². The summed E-state index contributed by atoms with van der Waals surface area (Å²) < 4.78 is 39.8. The molecule has 0 spiro atoms. The molecule has 1 N–H and O–H groups in total. The Labute approximate surface area is 130 Å².